The molecule has 72 valence electrons. The average Bonchev–Trinajstić information content (AvgIpc) is 2.07. The Morgan fingerprint density at radius 2 is 1.62 bits per heavy atom. The topological polar surface area (TPSA) is 26.3 Å². The summed E-state index contributed by atoms with van der Waals surface area (Å²) >= 11 is 11.7. The number of hydrogen-bond donors (Lipinski definition) is 0. The van der Waals surface area contributed by atoms with Gasteiger partial charge in [-0.05, 0) is 24.6 Å². The second kappa shape index (κ2) is 5.84. The van der Waals surface area contributed by atoms with Gasteiger partial charge in [0.2, 0.25) is 0 Å². The minimum atomic E-state index is 0.541. The van der Waals surface area contributed by atoms with E-state index < -0.39 is 0 Å². The van der Waals surface area contributed by atoms with Crippen molar-refractivity contribution < 1.29 is 9.53 Å². The Bertz CT molecular complexity index is 264. The molecule has 0 saturated carbocycles. The molecule has 0 unspecified atom stereocenters. The molecule has 0 amide bonds. The molecule has 0 radical (unpaired) electrons. The van der Waals surface area contributed by atoms with Crippen LogP contribution in [0.15, 0.2) is 12.1 Å². The van der Waals surface area contributed by atoms with Gasteiger partial charge in [-0.2, -0.15) is 0 Å². The van der Waals surface area contributed by atoms with Crippen LogP contribution >= 0.6 is 23.2 Å². The van der Waals surface area contributed by atoms with Crippen LogP contribution in [0.5, 0.6) is 5.75 Å². The number of carbonyl (C=O) groups excluding carboxylic acids is 1. The molecule has 2 nitrogen and oxygen atoms in total. The number of hydrogen-bond acceptors (Lipinski definition) is 2. The standard InChI is InChI=1S/C8H8Cl2O.CH2O/c1-5-3-6(9)8(11-2)7(10)4-5;1-2/h3-4H,1-2H3;1H2. The summed E-state index contributed by atoms with van der Waals surface area (Å²) in [5, 5.41) is 1.11. The fourth-order valence-electron chi connectivity index (χ4n) is 0.882. The summed E-state index contributed by atoms with van der Waals surface area (Å²) in [5.74, 6) is 0.541. The van der Waals surface area contributed by atoms with E-state index in [0.717, 1.165) is 5.56 Å². The van der Waals surface area contributed by atoms with E-state index in [1.54, 1.807) is 7.11 Å². The van der Waals surface area contributed by atoms with Crippen molar-refractivity contribution in [2.24, 2.45) is 0 Å². The van der Waals surface area contributed by atoms with Crippen LogP contribution in [0.1, 0.15) is 5.56 Å². The van der Waals surface area contributed by atoms with Gasteiger partial charge in [0.1, 0.15) is 6.79 Å². The summed E-state index contributed by atoms with van der Waals surface area (Å²) in [6.07, 6.45) is 0. The van der Waals surface area contributed by atoms with Crippen LogP contribution in [0.25, 0.3) is 0 Å². The molecule has 1 aromatic carbocycles. The van der Waals surface area contributed by atoms with Crippen molar-refractivity contribution in [3.05, 3.63) is 27.7 Å². The summed E-state index contributed by atoms with van der Waals surface area (Å²) in [7, 11) is 1.54. The van der Waals surface area contributed by atoms with Gasteiger partial charge in [-0.25, -0.2) is 0 Å². The van der Waals surface area contributed by atoms with Crippen molar-refractivity contribution in [1.82, 2.24) is 0 Å². The van der Waals surface area contributed by atoms with Crippen LogP contribution in [-0.2, 0) is 4.79 Å². The molecule has 0 aliphatic carbocycles. The van der Waals surface area contributed by atoms with E-state index in [9.17, 15) is 0 Å². The molecule has 1 aromatic rings. The first kappa shape index (κ1) is 12.3. The Kier molecular flexibility index (Phi) is 5.51. The maximum absolute atomic E-state index is 8.00. The van der Waals surface area contributed by atoms with E-state index in [0.29, 0.717) is 15.8 Å². The van der Waals surface area contributed by atoms with Gasteiger partial charge in [0.15, 0.2) is 5.75 Å². The first-order valence-corrected chi connectivity index (χ1v) is 4.19. The van der Waals surface area contributed by atoms with Crippen LogP contribution in [0, 0.1) is 6.92 Å². The van der Waals surface area contributed by atoms with Gasteiger partial charge in [0.25, 0.3) is 0 Å². The first-order valence-electron chi connectivity index (χ1n) is 3.43. The van der Waals surface area contributed by atoms with Gasteiger partial charge < -0.3 is 9.53 Å². The largest absolute Gasteiger partial charge is 0.494 e. The van der Waals surface area contributed by atoms with Crippen molar-refractivity contribution in [2.75, 3.05) is 7.11 Å². The maximum Gasteiger partial charge on any atom is 0.156 e. The number of halogens is 2. The molecule has 0 aliphatic rings. The van der Waals surface area contributed by atoms with Gasteiger partial charge >= 0.3 is 0 Å². The lowest BCUT2D eigenvalue weighted by Crippen LogP contribution is -1.86. The maximum atomic E-state index is 8.00. The van der Waals surface area contributed by atoms with E-state index in [1.807, 2.05) is 25.8 Å². The Hall–Kier alpha value is -0.730. The molecule has 1 rings (SSSR count). The molecule has 0 atom stereocenters. The van der Waals surface area contributed by atoms with Crippen molar-refractivity contribution in [3.8, 4) is 5.75 Å². The molecule has 0 saturated heterocycles. The highest BCUT2D eigenvalue weighted by Crippen LogP contribution is 2.33. The van der Waals surface area contributed by atoms with Crippen LogP contribution < -0.4 is 4.74 Å². The second-order valence-corrected chi connectivity index (χ2v) is 3.08. The molecule has 0 fully saturated rings. The van der Waals surface area contributed by atoms with E-state index in [2.05, 4.69) is 0 Å². The zero-order valence-electron chi connectivity index (χ0n) is 7.43. The molecule has 0 bridgehead atoms. The number of carbonyl (C=O) groups is 1. The summed E-state index contributed by atoms with van der Waals surface area (Å²) in [4.78, 5) is 8.00. The van der Waals surface area contributed by atoms with E-state index in [1.165, 1.54) is 0 Å². The van der Waals surface area contributed by atoms with Crippen molar-refractivity contribution >= 4 is 30.0 Å². The molecule has 0 aromatic heterocycles. The quantitative estimate of drug-likeness (QED) is 0.728. The number of methoxy groups -OCH3 is 1. The monoisotopic (exact) mass is 220 g/mol. The fourth-order valence-corrected chi connectivity index (χ4v) is 1.63. The van der Waals surface area contributed by atoms with Gasteiger partial charge in [0.05, 0.1) is 17.2 Å². The highest BCUT2D eigenvalue weighted by molar-refractivity contribution is 6.37. The molecule has 4 heteroatoms. The SMILES string of the molecule is C=O.COc1c(Cl)cc(C)cc1Cl. The Labute approximate surface area is 87.4 Å². The number of rotatable bonds is 1. The first-order chi connectivity index (χ1) is 6.15. The predicted molar refractivity (Wildman–Crippen MR) is 54.9 cm³/mol. The van der Waals surface area contributed by atoms with Crippen LogP contribution in [0.3, 0.4) is 0 Å². The zero-order valence-corrected chi connectivity index (χ0v) is 8.95. The van der Waals surface area contributed by atoms with E-state index in [4.69, 9.17) is 32.7 Å². The van der Waals surface area contributed by atoms with Gasteiger partial charge in [-0.15, -0.1) is 0 Å². The third-order valence-electron chi connectivity index (χ3n) is 1.35. The van der Waals surface area contributed by atoms with Gasteiger partial charge in [-0.3, -0.25) is 0 Å². The number of benzene rings is 1. The van der Waals surface area contributed by atoms with Crippen LogP contribution in [-0.4, -0.2) is 13.9 Å². The molecule has 0 N–H and O–H groups in total. The van der Waals surface area contributed by atoms with E-state index >= 15 is 0 Å². The van der Waals surface area contributed by atoms with Gasteiger partial charge in [-0.1, -0.05) is 23.2 Å². The smallest absolute Gasteiger partial charge is 0.156 e. The molecule has 0 spiro atoms. The normalized spacial score (nSPS) is 8.62. The Balaban J connectivity index is 0.000000671. The summed E-state index contributed by atoms with van der Waals surface area (Å²) in [5.41, 5.74) is 1.03. The van der Waals surface area contributed by atoms with Crippen molar-refractivity contribution in [1.29, 1.82) is 0 Å². The van der Waals surface area contributed by atoms with Crippen LogP contribution in [0.2, 0.25) is 10.0 Å². The molecular weight excluding hydrogens is 211 g/mol. The summed E-state index contributed by atoms with van der Waals surface area (Å²) in [6.45, 7) is 3.93. The lowest BCUT2D eigenvalue weighted by atomic mass is 10.2. The average molecular weight is 221 g/mol. The lowest BCUT2D eigenvalue weighted by molar-refractivity contribution is -0.0979. The summed E-state index contributed by atoms with van der Waals surface area (Å²) < 4.78 is 4.97. The molecule has 0 heterocycles. The minimum absolute atomic E-state index is 0.541. The third kappa shape index (κ3) is 3.25. The Morgan fingerprint density at radius 3 is 1.92 bits per heavy atom. The summed E-state index contributed by atoms with van der Waals surface area (Å²) in [6, 6.07) is 3.62. The van der Waals surface area contributed by atoms with Crippen molar-refractivity contribution in [2.45, 2.75) is 6.92 Å². The number of aryl methyl sites for hydroxylation is 1. The third-order valence-corrected chi connectivity index (χ3v) is 1.91. The molecular formula is C9H10Cl2O2. The number of ether oxygens (including phenoxy) is 1. The lowest BCUT2D eigenvalue weighted by Gasteiger charge is -2.05. The van der Waals surface area contributed by atoms with Crippen molar-refractivity contribution in [3.63, 3.8) is 0 Å². The fraction of sp³-hybridized carbons (Fsp3) is 0.222. The second-order valence-electron chi connectivity index (χ2n) is 2.26. The highest BCUT2D eigenvalue weighted by Gasteiger charge is 2.05. The van der Waals surface area contributed by atoms with E-state index in [-0.39, 0.29) is 0 Å². The van der Waals surface area contributed by atoms with Crippen LogP contribution in [0.4, 0.5) is 0 Å². The van der Waals surface area contributed by atoms with Gasteiger partial charge in [0, 0.05) is 0 Å². The zero-order chi connectivity index (χ0) is 10.4. The predicted octanol–water partition coefficient (Wildman–Crippen LogP) is 3.13. The highest BCUT2D eigenvalue weighted by atomic mass is 35.5. The Morgan fingerprint density at radius 1 is 1.23 bits per heavy atom. The minimum Gasteiger partial charge on any atom is -0.494 e. The molecule has 0 aliphatic heterocycles. The molecule has 13 heavy (non-hydrogen) atoms.